The van der Waals surface area contributed by atoms with E-state index in [9.17, 15) is 4.39 Å². The molecule has 0 fully saturated rings. The highest BCUT2D eigenvalue weighted by molar-refractivity contribution is 9.10. The molecule has 0 aromatic heterocycles. The topological polar surface area (TPSA) is 4.36 Å². The van der Waals surface area contributed by atoms with Gasteiger partial charge in [0.15, 0.2) is 0 Å². The highest BCUT2D eigenvalue weighted by atomic mass is 79.9. The number of hydrogen-bond acceptors (Lipinski definition) is 0. The molecule has 0 unspecified atom stereocenters. The van der Waals surface area contributed by atoms with E-state index in [4.69, 9.17) is 0 Å². The lowest BCUT2D eigenvalue weighted by Crippen LogP contribution is -1.79. The summed E-state index contributed by atoms with van der Waals surface area (Å²) in [5, 5.41) is 0. The summed E-state index contributed by atoms with van der Waals surface area (Å²) >= 11 is 3.09. The number of benzene rings is 2. The molecule has 3 heteroatoms. The fourth-order valence-corrected chi connectivity index (χ4v) is 1.44. The molecule has 2 aromatic carbocycles. The Morgan fingerprint density at radius 3 is 2.50 bits per heavy atom. The van der Waals surface area contributed by atoms with Crippen molar-refractivity contribution < 1.29 is 4.39 Å². The van der Waals surface area contributed by atoms with E-state index < -0.39 is 0 Å². The molecular formula is C13H8BrFN+. The molecule has 2 aromatic rings. The van der Waals surface area contributed by atoms with Crippen LogP contribution in [-0.2, 0) is 0 Å². The molecule has 0 saturated carbocycles. The summed E-state index contributed by atoms with van der Waals surface area (Å²) in [7, 11) is 0. The van der Waals surface area contributed by atoms with Crippen molar-refractivity contribution in [2.45, 2.75) is 0 Å². The van der Waals surface area contributed by atoms with Gasteiger partial charge in [-0.15, -0.1) is 0 Å². The first-order valence-corrected chi connectivity index (χ1v) is 5.52. The van der Waals surface area contributed by atoms with Crippen LogP contribution in [0.1, 0.15) is 5.56 Å². The maximum absolute atomic E-state index is 13.2. The van der Waals surface area contributed by atoms with E-state index in [0.29, 0.717) is 10.0 Å². The number of halogens is 2. The Balaban J connectivity index is 2.28. The molecule has 0 atom stereocenters. The number of hydrogen-bond donors (Lipinski definition) is 0. The van der Waals surface area contributed by atoms with Crippen LogP contribution in [0.15, 0.2) is 53.0 Å². The zero-order valence-corrected chi connectivity index (χ0v) is 9.91. The van der Waals surface area contributed by atoms with Crippen LogP contribution in [0.5, 0.6) is 0 Å². The van der Waals surface area contributed by atoms with E-state index in [2.05, 4.69) is 26.8 Å². The van der Waals surface area contributed by atoms with Crippen molar-refractivity contribution in [1.29, 1.82) is 0 Å². The first kappa shape index (κ1) is 10.8. The van der Waals surface area contributed by atoms with E-state index in [1.807, 2.05) is 30.3 Å². The van der Waals surface area contributed by atoms with E-state index in [1.165, 1.54) is 6.07 Å². The molecule has 78 valence electrons. The molecule has 0 aliphatic carbocycles. The summed E-state index contributed by atoms with van der Waals surface area (Å²) in [4.78, 5) is 4.12. The molecule has 2 rings (SSSR count). The van der Waals surface area contributed by atoms with Crippen molar-refractivity contribution in [3.05, 3.63) is 69.2 Å². The van der Waals surface area contributed by atoms with Gasteiger partial charge in [-0.3, -0.25) is 0 Å². The van der Waals surface area contributed by atoms with Gasteiger partial charge in [0.05, 0.1) is 4.47 Å². The van der Waals surface area contributed by atoms with Crippen molar-refractivity contribution in [3.63, 3.8) is 0 Å². The summed E-state index contributed by atoms with van der Waals surface area (Å²) in [6.45, 7) is 0. The van der Waals surface area contributed by atoms with Crippen molar-refractivity contribution in [1.82, 2.24) is 0 Å². The highest BCUT2D eigenvalue weighted by Crippen LogP contribution is 2.16. The van der Waals surface area contributed by atoms with Gasteiger partial charge < -0.3 is 0 Å². The van der Waals surface area contributed by atoms with Crippen LogP contribution in [0.2, 0.25) is 0 Å². The third kappa shape index (κ3) is 2.68. The van der Waals surface area contributed by atoms with Gasteiger partial charge in [-0.2, -0.15) is 0 Å². The zero-order chi connectivity index (χ0) is 11.4. The lowest BCUT2D eigenvalue weighted by molar-refractivity contribution is 0.620. The van der Waals surface area contributed by atoms with Crippen LogP contribution in [0, 0.1) is 11.9 Å². The minimum atomic E-state index is -0.312. The van der Waals surface area contributed by atoms with E-state index in [1.54, 1.807) is 12.1 Å². The molecule has 1 nitrogen and oxygen atoms in total. The molecule has 16 heavy (non-hydrogen) atoms. The summed E-state index contributed by atoms with van der Waals surface area (Å²) in [5.41, 5.74) is 1.41. The smallest absolute Gasteiger partial charge is 0.206 e. The quantitative estimate of drug-likeness (QED) is 0.662. The maximum Gasteiger partial charge on any atom is 0.340 e. The third-order valence-electron chi connectivity index (χ3n) is 1.99. The minimum Gasteiger partial charge on any atom is -0.206 e. The average Bonchev–Trinajstić information content (AvgIpc) is 2.32. The first-order valence-electron chi connectivity index (χ1n) is 4.72. The number of para-hydroxylation sites is 1. The Morgan fingerprint density at radius 1 is 1.06 bits per heavy atom. The standard InChI is InChI=1S/C13H8BrFN/c14-12-7-6-10(8-13(12)15)9-16-11-4-2-1-3-5-11/h1-8H/q+1. The Labute approximate surface area is 101 Å². The van der Waals surface area contributed by atoms with Gasteiger partial charge in [0.2, 0.25) is 0 Å². The molecule has 0 spiro atoms. The predicted octanol–water partition coefficient (Wildman–Crippen LogP) is 4.60. The normalized spacial score (nSPS) is 9.38. The largest absolute Gasteiger partial charge is 0.340 e. The van der Waals surface area contributed by atoms with E-state index >= 15 is 0 Å². The molecule has 0 saturated heterocycles. The van der Waals surface area contributed by atoms with Gasteiger partial charge in [0.25, 0.3) is 0 Å². The summed E-state index contributed by atoms with van der Waals surface area (Å²) in [6.07, 6.45) is 0. The van der Waals surface area contributed by atoms with Crippen molar-refractivity contribution in [2.24, 2.45) is 0 Å². The third-order valence-corrected chi connectivity index (χ3v) is 2.63. The SMILES string of the molecule is Fc1cc(C#[N+]c2ccccc2)ccc1Br. The molecule has 0 heterocycles. The molecule has 0 radical (unpaired) electrons. The predicted molar refractivity (Wildman–Crippen MR) is 66.6 cm³/mol. The molecule has 0 N–H and O–H groups in total. The second kappa shape index (κ2) is 4.91. The average molecular weight is 277 g/mol. The molecule has 0 amide bonds. The van der Waals surface area contributed by atoms with Crippen LogP contribution in [0.25, 0.3) is 4.85 Å². The van der Waals surface area contributed by atoms with Gasteiger partial charge in [0.1, 0.15) is 11.4 Å². The Morgan fingerprint density at radius 2 is 1.81 bits per heavy atom. The minimum absolute atomic E-state index is 0.312. The van der Waals surface area contributed by atoms with Gasteiger partial charge in [0, 0.05) is 12.1 Å². The second-order valence-electron chi connectivity index (χ2n) is 3.19. The second-order valence-corrected chi connectivity index (χ2v) is 4.04. The Kier molecular flexibility index (Phi) is 3.33. The van der Waals surface area contributed by atoms with Crippen molar-refractivity contribution >= 4 is 21.6 Å². The van der Waals surface area contributed by atoms with Gasteiger partial charge in [-0.25, -0.2) is 4.39 Å². The van der Waals surface area contributed by atoms with Crippen LogP contribution in [0.4, 0.5) is 10.1 Å². The van der Waals surface area contributed by atoms with E-state index in [0.717, 1.165) is 5.69 Å². The van der Waals surface area contributed by atoms with Gasteiger partial charge in [-0.05, 0) is 39.0 Å². The monoisotopic (exact) mass is 276 g/mol. The van der Waals surface area contributed by atoms with Gasteiger partial charge in [-0.1, -0.05) is 18.2 Å². The lowest BCUT2D eigenvalue weighted by Gasteiger charge is -1.90. The van der Waals surface area contributed by atoms with Crippen LogP contribution < -0.4 is 0 Å². The fourth-order valence-electron chi connectivity index (χ4n) is 1.20. The summed E-state index contributed by atoms with van der Waals surface area (Å²) in [5.74, 6) is -0.312. The molecular weight excluding hydrogens is 269 g/mol. The van der Waals surface area contributed by atoms with E-state index in [-0.39, 0.29) is 5.82 Å². The van der Waals surface area contributed by atoms with Crippen molar-refractivity contribution in [2.75, 3.05) is 0 Å². The summed E-state index contributed by atoms with van der Waals surface area (Å²) < 4.78 is 13.6. The van der Waals surface area contributed by atoms with Crippen molar-refractivity contribution in [3.8, 4) is 6.07 Å². The van der Waals surface area contributed by atoms with Crippen LogP contribution in [-0.4, -0.2) is 0 Å². The zero-order valence-electron chi connectivity index (χ0n) is 8.32. The van der Waals surface area contributed by atoms with Crippen LogP contribution >= 0.6 is 15.9 Å². The molecule has 0 aliphatic heterocycles. The number of nitrogens with zero attached hydrogens (tertiary/aromatic N) is 1. The lowest BCUT2D eigenvalue weighted by atomic mass is 10.2. The highest BCUT2D eigenvalue weighted by Gasteiger charge is 2.03. The molecule has 0 bridgehead atoms. The van der Waals surface area contributed by atoms with Crippen LogP contribution in [0.3, 0.4) is 0 Å². The molecule has 0 aliphatic rings. The number of rotatable bonds is 0. The van der Waals surface area contributed by atoms with Gasteiger partial charge >= 0.3 is 11.8 Å². The maximum atomic E-state index is 13.2. The Bertz CT molecular complexity index is 555. The summed E-state index contributed by atoms with van der Waals surface area (Å²) in [6, 6.07) is 17.0. The first-order chi connectivity index (χ1) is 7.75. The fraction of sp³-hybridized carbons (Fsp3) is 0. The Hall–Kier alpha value is -1.66.